The van der Waals surface area contributed by atoms with E-state index < -0.39 is 16.0 Å². The summed E-state index contributed by atoms with van der Waals surface area (Å²) in [6.07, 6.45) is 0.682. The summed E-state index contributed by atoms with van der Waals surface area (Å²) in [6, 6.07) is 6.37. The molecule has 0 aliphatic carbocycles. The third kappa shape index (κ3) is 4.41. The summed E-state index contributed by atoms with van der Waals surface area (Å²) in [5.41, 5.74) is 6.64. The number of carbonyl (C=O) groups is 1. The van der Waals surface area contributed by atoms with Crippen molar-refractivity contribution in [2.45, 2.75) is 18.2 Å². The molecule has 0 unspecified atom stereocenters. The molecule has 21 heavy (non-hydrogen) atoms. The van der Waals surface area contributed by atoms with Crippen LogP contribution in [0.5, 0.6) is 0 Å². The van der Waals surface area contributed by atoms with Gasteiger partial charge in [0.15, 0.2) is 0 Å². The normalized spacial score (nSPS) is 19.0. The lowest BCUT2D eigenvalue weighted by molar-refractivity contribution is 0.0600. The Labute approximate surface area is 130 Å². The van der Waals surface area contributed by atoms with Gasteiger partial charge in [0.2, 0.25) is 10.0 Å². The zero-order valence-electron chi connectivity index (χ0n) is 11.7. The fourth-order valence-electron chi connectivity index (χ4n) is 2.21. The van der Waals surface area contributed by atoms with Crippen LogP contribution in [0.25, 0.3) is 0 Å². The van der Waals surface area contributed by atoms with Gasteiger partial charge in [-0.25, -0.2) is 17.5 Å². The Morgan fingerprint density at radius 3 is 2.76 bits per heavy atom. The number of nitrogens with zero attached hydrogens (tertiary/aromatic N) is 1. The van der Waals surface area contributed by atoms with Crippen molar-refractivity contribution in [3.8, 4) is 0 Å². The van der Waals surface area contributed by atoms with Gasteiger partial charge in [-0.05, 0) is 24.1 Å². The minimum absolute atomic E-state index is 0. The lowest BCUT2D eigenvalue weighted by Gasteiger charge is -2.16. The summed E-state index contributed by atoms with van der Waals surface area (Å²) in [5, 5.41) is 0. The predicted octanol–water partition coefficient (Wildman–Crippen LogP) is 0.758. The SMILES string of the molecule is COC(=O)c1cccc(CS(=O)(=O)N2CC[C@H](N)C2)c1.Cl. The van der Waals surface area contributed by atoms with E-state index in [9.17, 15) is 13.2 Å². The zero-order valence-corrected chi connectivity index (χ0v) is 13.3. The predicted molar refractivity (Wildman–Crippen MR) is 81.8 cm³/mol. The van der Waals surface area contributed by atoms with Gasteiger partial charge in [-0.1, -0.05) is 12.1 Å². The molecule has 0 amide bonds. The second-order valence-electron chi connectivity index (χ2n) is 4.85. The van der Waals surface area contributed by atoms with Crippen LogP contribution in [0, 0.1) is 0 Å². The number of esters is 1. The molecular formula is C13H19ClN2O4S. The maximum absolute atomic E-state index is 12.3. The van der Waals surface area contributed by atoms with Crippen molar-refractivity contribution in [2.24, 2.45) is 5.73 Å². The van der Waals surface area contributed by atoms with E-state index in [-0.39, 0.29) is 24.2 Å². The molecule has 1 atom stereocenters. The highest BCUT2D eigenvalue weighted by atomic mass is 35.5. The fourth-order valence-corrected chi connectivity index (χ4v) is 3.80. The second kappa shape index (κ2) is 7.22. The van der Waals surface area contributed by atoms with Crippen molar-refractivity contribution in [3.63, 3.8) is 0 Å². The minimum atomic E-state index is -3.39. The van der Waals surface area contributed by atoms with Gasteiger partial charge < -0.3 is 10.5 Å². The number of sulfonamides is 1. The maximum atomic E-state index is 12.3. The van der Waals surface area contributed by atoms with E-state index in [1.165, 1.54) is 11.4 Å². The van der Waals surface area contributed by atoms with E-state index in [0.29, 0.717) is 30.6 Å². The molecule has 1 aromatic carbocycles. The molecule has 1 aliphatic heterocycles. The Kier molecular flexibility index (Phi) is 6.15. The number of methoxy groups -OCH3 is 1. The Morgan fingerprint density at radius 2 is 2.19 bits per heavy atom. The smallest absolute Gasteiger partial charge is 0.337 e. The van der Waals surface area contributed by atoms with Gasteiger partial charge in [0.25, 0.3) is 0 Å². The summed E-state index contributed by atoms with van der Waals surface area (Å²) in [6.45, 7) is 0.819. The van der Waals surface area contributed by atoms with Gasteiger partial charge >= 0.3 is 5.97 Å². The zero-order chi connectivity index (χ0) is 14.8. The van der Waals surface area contributed by atoms with Gasteiger partial charge in [0.05, 0.1) is 18.4 Å². The summed E-state index contributed by atoms with van der Waals surface area (Å²) >= 11 is 0. The highest BCUT2D eigenvalue weighted by Gasteiger charge is 2.29. The molecule has 0 saturated carbocycles. The quantitative estimate of drug-likeness (QED) is 0.821. The van der Waals surface area contributed by atoms with E-state index in [1.54, 1.807) is 24.3 Å². The molecule has 118 valence electrons. The molecule has 1 heterocycles. The van der Waals surface area contributed by atoms with Crippen molar-refractivity contribution in [1.29, 1.82) is 0 Å². The van der Waals surface area contributed by atoms with Crippen molar-refractivity contribution < 1.29 is 17.9 Å². The van der Waals surface area contributed by atoms with Gasteiger partial charge in [0.1, 0.15) is 0 Å². The van der Waals surface area contributed by atoms with Crippen molar-refractivity contribution in [3.05, 3.63) is 35.4 Å². The van der Waals surface area contributed by atoms with Crippen molar-refractivity contribution in [1.82, 2.24) is 4.31 Å². The number of benzene rings is 1. The lowest BCUT2D eigenvalue weighted by atomic mass is 10.1. The molecule has 1 saturated heterocycles. The van der Waals surface area contributed by atoms with Crippen LogP contribution in [0.3, 0.4) is 0 Å². The van der Waals surface area contributed by atoms with Gasteiger partial charge in [-0.2, -0.15) is 0 Å². The number of hydrogen-bond acceptors (Lipinski definition) is 5. The third-order valence-electron chi connectivity index (χ3n) is 3.28. The van der Waals surface area contributed by atoms with Crippen LogP contribution in [0.2, 0.25) is 0 Å². The van der Waals surface area contributed by atoms with Crippen LogP contribution in [0.15, 0.2) is 24.3 Å². The number of hydrogen-bond donors (Lipinski definition) is 1. The van der Waals surface area contributed by atoms with Crippen LogP contribution in [0.1, 0.15) is 22.3 Å². The Bertz CT molecular complexity index is 606. The number of carbonyl (C=O) groups excluding carboxylic acids is 1. The topological polar surface area (TPSA) is 89.7 Å². The Morgan fingerprint density at radius 1 is 1.48 bits per heavy atom. The van der Waals surface area contributed by atoms with Gasteiger partial charge in [-0.15, -0.1) is 12.4 Å². The highest BCUT2D eigenvalue weighted by Crippen LogP contribution is 2.17. The fraction of sp³-hybridized carbons (Fsp3) is 0.462. The second-order valence-corrected chi connectivity index (χ2v) is 6.82. The summed E-state index contributed by atoms with van der Waals surface area (Å²) in [7, 11) is -2.10. The van der Waals surface area contributed by atoms with E-state index >= 15 is 0 Å². The molecule has 0 aromatic heterocycles. The van der Waals surface area contributed by atoms with E-state index in [1.807, 2.05) is 0 Å². The van der Waals surface area contributed by atoms with Crippen molar-refractivity contribution >= 4 is 28.4 Å². The third-order valence-corrected chi connectivity index (χ3v) is 5.09. The first-order valence-electron chi connectivity index (χ1n) is 6.33. The van der Waals surface area contributed by atoms with E-state index in [0.717, 1.165) is 0 Å². The number of halogens is 1. The van der Waals surface area contributed by atoms with Crippen LogP contribution >= 0.6 is 12.4 Å². The van der Waals surface area contributed by atoms with E-state index in [2.05, 4.69) is 4.74 Å². The average Bonchev–Trinajstić information content (AvgIpc) is 2.85. The number of rotatable bonds is 4. The molecule has 0 bridgehead atoms. The highest BCUT2D eigenvalue weighted by molar-refractivity contribution is 7.88. The average molecular weight is 335 g/mol. The summed E-state index contributed by atoms with van der Waals surface area (Å²) in [5.74, 6) is -0.614. The molecule has 6 nitrogen and oxygen atoms in total. The molecule has 1 aliphatic rings. The molecule has 1 aromatic rings. The summed E-state index contributed by atoms with van der Waals surface area (Å²) in [4.78, 5) is 11.4. The molecule has 1 fully saturated rings. The van der Waals surface area contributed by atoms with Crippen LogP contribution in [0.4, 0.5) is 0 Å². The number of nitrogens with two attached hydrogens (primary N) is 1. The van der Waals surface area contributed by atoms with E-state index in [4.69, 9.17) is 5.73 Å². The largest absolute Gasteiger partial charge is 0.465 e. The standard InChI is InChI=1S/C13H18N2O4S.ClH/c1-19-13(16)11-4-2-3-10(7-11)9-20(17,18)15-6-5-12(14)8-15;/h2-4,7,12H,5-6,8-9,14H2,1H3;1H/t12-;/m0./s1. The lowest BCUT2D eigenvalue weighted by Crippen LogP contribution is -2.32. The van der Waals surface area contributed by atoms with Gasteiger partial charge in [-0.3, -0.25) is 0 Å². The Hall–Kier alpha value is -1.15. The molecule has 2 rings (SSSR count). The first-order chi connectivity index (χ1) is 9.42. The monoisotopic (exact) mass is 334 g/mol. The number of ether oxygens (including phenoxy) is 1. The maximum Gasteiger partial charge on any atom is 0.337 e. The molecular weight excluding hydrogens is 316 g/mol. The van der Waals surface area contributed by atoms with Crippen LogP contribution < -0.4 is 5.73 Å². The summed E-state index contributed by atoms with van der Waals surface area (Å²) < 4.78 is 30.5. The minimum Gasteiger partial charge on any atom is -0.465 e. The Balaban J connectivity index is 0.00000220. The van der Waals surface area contributed by atoms with Crippen LogP contribution in [-0.2, 0) is 20.5 Å². The molecule has 2 N–H and O–H groups in total. The first-order valence-corrected chi connectivity index (χ1v) is 7.94. The first kappa shape index (κ1) is 17.9. The molecule has 0 radical (unpaired) electrons. The van der Waals surface area contributed by atoms with Crippen LogP contribution in [-0.4, -0.2) is 44.9 Å². The van der Waals surface area contributed by atoms with Gasteiger partial charge in [0, 0.05) is 19.1 Å². The molecule has 8 heteroatoms. The van der Waals surface area contributed by atoms with Crippen molar-refractivity contribution in [2.75, 3.05) is 20.2 Å². The molecule has 0 spiro atoms.